The number of carbonyl (C=O) groups excluding carboxylic acids is 2. The standard InChI is InChI=1S/C14H20N2O3S/c1-11-4-5-12(20-11)14(18)16-7-3-6-15(8-9-19-2)13(17)10-16/h4-5H,3,6-10H2,1-2H3. The van der Waals surface area contributed by atoms with Crippen LogP contribution in [0.4, 0.5) is 0 Å². The molecule has 20 heavy (non-hydrogen) atoms. The second-order valence-electron chi connectivity index (χ2n) is 4.86. The number of methoxy groups -OCH3 is 1. The minimum atomic E-state index is -0.0370. The predicted octanol–water partition coefficient (Wildman–Crippen LogP) is 1.38. The van der Waals surface area contributed by atoms with Gasteiger partial charge in [-0.15, -0.1) is 11.3 Å². The molecule has 0 N–H and O–H groups in total. The van der Waals surface area contributed by atoms with Crippen molar-refractivity contribution in [3.05, 3.63) is 21.9 Å². The molecule has 0 aromatic carbocycles. The summed E-state index contributed by atoms with van der Waals surface area (Å²) < 4.78 is 5.01. The third kappa shape index (κ3) is 3.58. The molecule has 0 spiro atoms. The minimum absolute atomic E-state index is 0.00109. The fraction of sp³-hybridized carbons (Fsp3) is 0.571. The Labute approximate surface area is 123 Å². The Kier molecular flexibility index (Phi) is 5.14. The van der Waals surface area contributed by atoms with Crippen LogP contribution in [0.5, 0.6) is 0 Å². The number of thiophene rings is 1. The van der Waals surface area contributed by atoms with Crippen LogP contribution in [0.3, 0.4) is 0 Å². The van der Waals surface area contributed by atoms with E-state index in [0.717, 1.165) is 11.3 Å². The van der Waals surface area contributed by atoms with Crippen LogP contribution >= 0.6 is 11.3 Å². The van der Waals surface area contributed by atoms with Crippen molar-refractivity contribution in [1.29, 1.82) is 0 Å². The maximum absolute atomic E-state index is 12.4. The third-order valence-corrected chi connectivity index (χ3v) is 4.33. The summed E-state index contributed by atoms with van der Waals surface area (Å²) >= 11 is 1.48. The quantitative estimate of drug-likeness (QED) is 0.843. The molecule has 1 aliphatic heterocycles. The van der Waals surface area contributed by atoms with Crippen LogP contribution in [-0.4, -0.2) is 61.5 Å². The van der Waals surface area contributed by atoms with Crippen LogP contribution in [-0.2, 0) is 9.53 Å². The maximum atomic E-state index is 12.4. The second-order valence-corrected chi connectivity index (χ2v) is 6.15. The van der Waals surface area contributed by atoms with Gasteiger partial charge in [-0.3, -0.25) is 9.59 Å². The van der Waals surface area contributed by atoms with E-state index in [2.05, 4.69) is 0 Å². The summed E-state index contributed by atoms with van der Waals surface area (Å²) in [4.78, 5) is 29.8. The molecule has 0 saturated carbocycles. The van der Waals surface area contributed by atoms with Gasteiger partial charge in [0.15, 0.2) is 0 Å². The number of ether oxygens (including phenoxy) is 1. The molecule has 2 heterocycles. The first-order chi connectivity index (χ1) is 9.61. The van der Waals surface area contributed by atoms with Crippen LogP contribution in [0, 0.1) is 6.92 Å². The van der Waals surface area contributed by atoms with E-state index in [-0.39, 0.29) is 18.4 Å². The van der Waals surface area contributed by atoms with Gasteiger partial charge in [0.25, 0.3) is 5.91 Å². The molecule has 1 aliphatic rings. The Morgan fingerprint density at radius 1 is 1.40 bits per heavy atom. The lowest BCUT2D eigenvalue weighted by molar-refractivity contribution is -0.131. The lowest BCUT2D eigenvalue weighted by Crippen LogP contribution is -2.40. The van der Waals surface area contributed by atoms with E-state index in [1.807, 2.05) is 19.1 Å². The van der Waals surface area contributed by atoms with E-state index < -0.39 is 0 Å². The van der Waals surface area contributed by atoms with Gasteiger partial charge in [0, 0.05) is 31.6 Å². The lowest BCUT2D eigenvalue weighted by atomic mass is 10.3. The molecular formula is C14H20N2O3S. The molecule has 5 nitrogen and oxygen atoms in total. The maximum Gasteiger partial charge on any atom is 0.264 e. The van der Waals surface area contributed by atoms with E-state index in [4.69, 9.17) is 4.74 Å². The van der Waals surface area contributed by atoms with E-state index >= 15 is 0 Å². The summed E-state index contributed by atoms with van der Waals surface area (Å²) in [6.07, 6.45) is 0.811. The molecule has 0 atom stereocenters. The van der Waals surface area contributed by atoms with Gasteiger partial charge in [0.2, 0.25) is 5.91 Å². The van der Waals surface area contributed by atoms with Gasteiger partial charge in [-0.05, 0) is 25.5 Å². The first-order valence-corrected chi connectivity index (χ1v) is 7.56. The van der Waals surface area contributed by atoms with Gasteiger partial charge < -0.3 is 14.5 Å². The average molecular weight is 296 g/mol. The van der Waals surface area contributed by atoms with Gasteiger partial charge >= 0.3 is 0 Å². The molecule has 1 aromatic heterocycles. The Balaban J connectivity index is 2.00. The van der Waals surface area contributed by atoms with E-state index in [1.165, 1.54) is 11.3 Å². The van der Waals surface area contributed by atoms with Crippen molar-refractivity contribution in [3.8, 4) is 0 Å². The van der Waals surface area contributed by atoms with Crippen molar-refractivity contribution < 1.29 is 14.3 Å². The first kappa shape index (κ1) is 15.0. The Bertz CT molecular complexity index is 487. The topological polar surface area (TPSA) is 49.9 Å². The van der Waals surface area contributed by atoms with E-state index in [1.54, 1.807) is 16.9 Å². The SMILES string of the molecule is COCCN1CCCN(C(=O)c2ccc(C)s2)CC1=O. The molecule has 2 amide bonds. The second kappa shape index (κ2) is 6.85. The highest BCUT2D eigenvalue weighted by Gasteiger charge is 2.25. The van der Waals surface area contributed by atoms with Gasteiger partial charge in [-0.2, -0.15) is 0 Å². The molecule has 0 radical (unpaired) electrons. The predicted molar refractivity (Wildman–Crippen MR) is 78.0 cm³/mol. The van der Waals surface area contributed by atoms with Gasteiger partial charge in [-0.1, -0.05) is 0 Å². The van der Waals surface area contributed by atoms with E-state index in [0.29, 0.717) is 31.1 Å². The van der Waals surface area contributed by atoms with Crippen LogP contribution in [0.15, 0.2) is 12.1 Å². The molecule has 0 aliphatic carbocycles. The zero-order chi connectivity index (χ0) is 14.5. The van der Waals surface area contributed by atoms with Crippen LogP contribution in [0.25, 0.3) is 0 Å². The van der Waals surface area contributed by atoms with Crippen LogP contribution in [0.1, 0.15) is 21.0 Å². The number of hydrogen-bond acceptors (Lipinski definition) is 4. The third-order valence-electron chi connectivity index (χ3n) is 3.34. The summed E-state index contributed by atoms with van der Waals surface area (Å²) in [5, 5.41) is 0. The Morgan fingerprint density at radius 2 is 2.20 bits per heavy atom. The molecule has 2 rings (SSSR count). The minimum Gasteiger partial charge on any atom is -0.383 e. The summed E-state index contributed by atoms with van der Waals surface area (Å²) in [5.41, 5.74) is 0. The number of rotatable bonds is 4. The van der Waals surface area contributed by atoms with E-state index in [9.17, 15) is 9.59 Å². The highest BCUT2D eigenvalue weighted by atomic mass is 32.1. The van der Waals surface area contributed by atoms with Crippen molar-refractivity contribution in [2.24, 2.45) is 0 Å². The zero-order valence-electron chi connectivity index (χ0n) is 11.9. The number of hydrogen-bond donors (Lipinski definition) is 0. The fourth-order valence-corrected chi connectivity index (χ4v) is 3.07. The summed E-state index contributed by atoms with van der Waals surface area (Å²) in [5.74, 6) is -0.0359. The molecular weight excluding hydrogens is 276 g/mol. The summed E-state index contributed by atoms with van der Waals surface area (Å²) in [6, 6.07) is 3.77. The van der Waals surface area contributed by atoms with Gasteiger partial charge in [0.05, 0.1) is 11.5 Å². The Hall–Kier alpha value is -1.40. The molecule has 1 saturated heterocycles. The number of amides is 2. The smallest absolute Gasteiger partial charge is 0.264 e. The molecule has 0 bridgehead atoms. The van der Waals surface area contributed by atoms with Crippen molar-refractivity contribution in [2.45, 2.75) is 13.3 Å². The molecule has 0 unspecified atom stereocenters. The summed E-state index contributed by atoms with van der Waals surface area (Å²) in [7, 11) is 1.62. The number of aryl methyl sites for hydroxylation is 1. The number of carbonyl (C=O) groups is 2. The highest BCUT2D eigenvalue weighted by Crippen LogP contribution is 2.18. The summed E-state index contributed by atoms with van der Waals surface area (Å²) in [6.45, 7) is 4.58. The Morgan fingerprint density at radius 3 is 2.85 bits per heavy atom. The monoisotopic (exact) mass is 296 g/mol. The molecule has 1 aromatic rings. The van der Waals surface area contributed by atoms with Crippen molar-refractivity contribution >= 4 is 23.2 Å². The molecule has 6 heteroatoms. The molecule has 1 fully saturated rings. The normalized spacial score (nSPS) is 16.4. The molecule has 110 valence electrons. The van der Waals surface area contributed by atoms with Crippen LogP contribution in [0.2, 0.25) is 0 Å². The first-order valence-electron chi connectivity index (χ1n) is 6.74. The van der Waals surface area contributed by atoms with Crippen molar-refractivity contribution in [2.75, 3.05) is 39.9 Å². The number of nitrogens with zero attached hydrogens (tertiary/aromatic N) is 2. The lowest BCUT2D eigenvalue weighted by Gasteiger charge is -2.21. The van der Waals surface area contributed by atoms with Crippen molar-refractivity contribution in [1.82, 2.24) is 9.80 Å². The van der Waals surface area contributed by atoms with Gasteiger partial charge in [-0.25, -0.2) is 0 Å². The largest absolute Gasteiger partial charge is 0.383 e. The fourth-order valence-electron chi connectivity index (χ4n) is 2.24. The van der Waals surface area contributed by atoms with Crippen molar-refractivity contribution in [3.63, 3.8) is 0 Å². The highest BCUT2D eigenvalue weighted by molar-refractivity contribution is 7.13. The average Bonchev–Trinajstić information content (AvgIpc) is 2.77. The van der Waals surface area contributed by atoms with Crippen LogP contribution < -0.4 is 0 Å². The van der Waals surface area contributed by atoms with Gasteiger partial charge in [0.1, 0.15) is 6.54 Å². The zero-order valence-corrected chi connectivity index (χ0v) is 12.7.